The van der Waals surface area contributed by atoms with Crippen LogP contribution in [-0.2, 0) is 9.53 Å². The highest BCUT2D eigenvalue weighted by Gasteiger charge is 2.54. The van der Waals surface area contributed by atoms with Crippen LogP contribution in [-0.4, -0.2) is 34.0 Å². The van der Waals surface area contributed by atoms with Gasteiger partial charge in [0.25, 0.3) is 0 Å². The smallest absolute Gasteiger partial charge is 0.338 e. The van der Waals surface area contributed by atoms with Gasteiger partial charge in [0.05, 0.1) is 6.10 Å². The molecular formula is C11H16O4. The molecule has 1 heterocycles. The lowest BCUT2D eigenvalue weighted by molar-refractivity contribution is -0.154. The van der Waals surface area contributed by atoms with Crippen LogP contribution in [0.25, 0.3) is 0 Å². The van der Waals surface area contributed by atoms with E-state index in [0.717, 1.165) is 18.4 Å². The topological polar surface area (TPSA) is 66.8 Å². The number of hydrogen-bond acceptors (Lipinski definition) is 4. The molecule has 1 saturated carbocycles. The zero-order chi connectivity index (χ0) is 11.1. The maximum absolute atomic E-state index is 11.3. The van der Waals surface area contributed by atoms with E-state index >= 15 is 0 Å². The van der Waals surface area contributed by atoms with E-state index in [1.54, 1.807) is 0 Å². The standard InChI is InChI=1S/C11H16O4/c1-2-3-4-7-8(12)5-11(14)6-9(7)15-10(11)13/h4,8-9,12,14H,2-3,5-6H2,1H3/b7-4-/t8-,9-,11+/m1/s1. The SMILES string of the molecule is CCC/C=C1/[C@H](O)C[C@]2(O)C[C@H]1OC2=O. The van der Waals surface area contributed by atoms with E-state index in [4.69, 9.17) is 4.74 Å². The number of aliphatic hydroxyl groups is 2. The Morgan fingerprint density at radius 1 is 1.60 bits per heavy atom. The van der Waals surface area contributed by atoms with Crippen LogP contribution < -0.4 is 0 Å². The summed E-state index contributed by atoms with van der Waals surface area (Å²) in [6.45, 7) is 2.04. The minimum Gasteiger partial charge on any atom is -0.455 e. The van der Waals surface area contributed by atoms with Crippen LogP contribution in [0.15, 0.2) is 11.6 Å². The van der Waals surface area contributed by atoms with E-state index < -0.39 is 23.8 Å². The number of rotatable bonds is 2. The van der Waals surface area contributed by atoms with Gasteiger partial charge in [0.2, 0.25) is 0 Å². The zero-order valence-electron chi connectivity index (χ0n) is 8.77. The van der Waals surface area contributed by atoms with E-state index in [2.05, 4.69) is 0 Å². The molecule has 84 valence electrons. The molecule has 0 spiro atoms. The van der Waals surface area contributed by atoms with Crippen molar-refractivity contribution in [1.29, 1.82) is 0 Å². The number of unbranched alkanes of at least 4 members (excludes halogenated alkanes) is 1. The molecular weight excluding hydrogens is 196 g/mol. The highest BCUT2D eigenvalue weighted by molar-refractivity contribution is 5.83. The van der Waals surface area contributed by atoms with Gasteiger partial charge >= 0.3 is 5.97 Å². The second kappa shape index (κ2) is 3.61. The minimum atomic E-state index is -1.45. The molecule has 0 aromatic carbocycles. The summed E-state index contributed by atoms with van der Waals surface area (Å²) < 4.78 is 5.05. The number of fused-ring (bicyclic) bond motifs is 2. The first-order chi connectivity index (χ1) is 7.07. The van der Waals surface area contributed by atoms with Crippen LogP contribution in [0.1, 0.15) is 32.6 Å². The number of ether oxygens (including phenoxy) is 1. The van der Waals surface area contributed by atoms with E-state index in [1.807, 2.05) is 13.0 Å². The summed E-state index contributed by atoms with van der Waals surface area (Å²) in [4.78, 5) is 11.3. The second-order valence-electron chi connectivity index (χ2n) is 4.34. The average molecular weight is 212 g/mol. The van der Waals surface area contributed by atoms with Crippen molar-refractivity contribution in [2.45, 2.75) is 50.4 Å². The Balaban J connectivity index is 2.21. The van der Waals surface area contributed by atoms with Gasteiger partial charge in [-0.1, -0.05) is 19.4 Å². The molecule has 2 aliphatic rings. The summed E-state index contributed by atoms with van der Waals surface area (Å²) in [5.74, 6) is -0.591. The van der Waals surface area contributed by atoms with Gasteiger partial charge in [-0.15, -0.1) is 0 Å². The van der Waals surface area contributed by atoms with Gasteiger partial charge in [-0.05, 0) is 12.0 Å². The molecule has 0 unspecified atom stereocenters. The Morgan fingerprint density at radius 3 is 3.00 bits per heavy atom. The van der Waals surface area contributed by atoms with Gasteiger partial charge in [0.15, 0.2) is 5.60 Å². The molecule has 15 heavy (non-hydrogen) atoms. The van der Waals surface area contributed by atoms with Crippen molar-refractivity contribution in [3.8, 4) is 0 Å². The normalized spacial score (nSPS) is 42.1. The Morgan fingerprint density at radius 2 is 2.33 bits per heavy atom. The third-order valence-corrected chi connectivity index (χ3v) is 3.11. The molecule has 2 N–H and O–H groups in total. The monoisotopic (exact) mass is 212 g/mol. The molecule has 4 heteroatoms. The molecule has 2 fully saturated rings. The quantitative estimate of drug-likeness (QED) is 0.517. The van der Waals surface area contributed by atoms with Crippen LogP contribution in [0.5, 0.6) is 0 Å². The fourth-order valence-electron chi connectivity index (χ4n) is 2.25. The summed E-state index contributed by atoms with van der Waals surface area (Å²) in [5.41, 5.74) is -0.694. The van der Waals surface area contributed by atoms with E-state index in [-0.39, 0.29) is 6.42 Å². The summed E-state index contributed by atoms with van der Waals surface area (Å²) in [5, 5.41) is 19.6. The van der Waals surface area contributed by atoms with Crippen molar-refractivity contribution in [2.75, 3.05) is 0 Å². The molecule has 0 aromatic rings. The second-order valence-corrected chi connectivity index (χ2v) is 4.34. The number of aliphatic hydroxyl groups excluding tert-OH is 1. The first kappa shape index (κ1) is 10.6. The molecule has 1 saturated heterocycles. The number of carbonyl (C=O) groups is 1. The van der Waals surface area contributed by atoms with Gasteiger partial charge in [0.1, 0.15) is 6.10 Å². The van der Waals surface area contributed by atoms with Crippen LogP contribution >= 0.6 is 0 Å². The third kappa shape index (κ3) is 1.68. The van der Waals surface area contributed by atoms with E-state index in [0.29, 0.717) is 6.42 Å². The van der Waals surface area contributed by atoms with Crippen LogP contribution in [0.4, 0.5) is 0 Å². The first-order valence-corrected chi connectivity index (χ1v) is 5.38. The summed E-state index contributed by atoms with van der Waals surface area (Å²) in [7, 11) is 0. The highest BCUT2D eigenvalue weighted by atomic mass is 16.6. The van der Waals surface area contributed by atoms with Gasteiger partial charge in [-0.3, -0.25) is 0 Å². The number of allylic oxidation sites excluding steroid dienone is 1. The lowest BCUT2D eigenvalue weighted by Crippen LogP contribution is -2.42. The van der Waals surface area contributed by atoms with Crippen molar-refractivity contribution < 1.29 is 19.7 Å². The molecule has 1 aliphatic carbocycles. The zero-order valence-corrected chi connectivity index (χ0v) is 8.77. The van der Waals surface area contributed by atoms with Crippen molar-refractivity contribution >= 4 is 5.97 Å². The molecule has 0 amide bonds. The molecule has 1 aliphatic heterocycles. The predicted octanol–water partition coefficient (Wildman–Crippen LogP) is 0.524. The number of hydrogen-bond donors (Lipinski definition) is 2. The van der Waals surface area contributed by atoms with Crippen LogP contribution in [0.3, 0.4) is 0 Å². The fourth-order valence-corrected chi connectivity index (χ4v) is 2.25. The van der Waals surface area contributed by atoms with Gasteiger partial charge in [-0.25, -0.2) is 4.79 Å². The molecule has 0 radical (unpaired) electrons. The van der Waals surface area contributed by atoms with Crippen molar-refractivity contribution in [1.82, 2.24) is 0 Å². The average Bonchev–Trinajstić information content (AvgIpc) is 2.39. The third-order valence-electron chi connectivity index (χ3n) is 3.11. The van der Waals surface area contributed by atoms with Crippen molar-refractivity contribution in [3.63, 3.8) is 0 Å². The summed E-state index contributed by atoms with van der Waals surface area (Å²) in [6.07, 6.45) is 2.97. The maximum atomic E-state index is 11.3. The Kier molecular flexibility index (Phi) is 2.56. The Labute approximate surface area is 88.6 Å². The highest BCUT2D eigenvalue weighted by Crippen LogP contribution is 2.41. The summed E-state index contributed by atoms with van der Waals surface area (Å²) >= 11 is 0. The van der Waals surface area contributed by atoms with Crippen LogP contribution in [0.2, 0.25) is 0 Å². The summed E-state index contributed by atoms with van der Waals surface area (Å²) in [6, 6.07) is 0. The predicted molar refractivity (Wildman–Crippen MR) is 53.1 cm³/mol. The van der Waals surface area contributed by atoms with Crippen LogP contribution in [0, 0.1) is 0 Å². The molecule has 2 bridgehead atoms. The number of esters is 1. The Hall–Kier alpha value is -0.870. The Bertz CT molecular complexity index is 310. The van der Waals surface area contributed by atoms with Crippen molar-refractivity contribution in [3.05, 3.63) is 11.6 Å². The molecule has 0 aromatic heterocycles. The van der Waals surface area contributed by atoms with Gasteiger partial charge in [-0.2, -0.15) is 0 Å². The number of carbonyl (C=O) groups excluding carboxylic acids is 1. The molecule has 2 rings (SSSR count). The largest absolute Gasteiger partial charge is 0.455 e. The van der Waals surface area contributed by atoms with Crippen molar-refractivity contribution in [2.24, 2.45) is 0 Å². The minimum absolute atomic E-state index is 0.0673. The lowest BCUT2D eigenvalue weighted by Gasteiger charge is -2.28. The maximum Gasteiger partial charge on any atom is 0.338 e. The lowest BCUT2D eigenvalue weighted by atomic mass is 9.80. The molecule has 3 atom stereocenters. The first-order valence-electron chi connectivity index (χ1n) is 5.38. The van der Waals surface area contributed by atoms with E-state index in [1.165, 1.54) is 0 Å². The van der Waals surface area contributed by atoms with Gasteiger partial charge < -0.3 is 14.9 Å². The molecule has 4 nitrogen and oxygen atoms in total. The van der Waals surface area contributed by atoms with Gasteiger partial charge in [0, 0.05) is 12.8 Å². The fraction of sp³-hybridized carbons (Fsp3) is 0.727. The van der Waals surface area contributed by atoms with E-state index in [9.17, 15) is 15.0 Å².